The highest BCUT2D eigenvalue weighted by atomic mass is 16.5. The Morgan fingerprint density at radius 3 is 2.81 bits per heavy atom. The minimum absolute atomic E-state index is 0.141. The number of aliphatic hydroxyl groups is 1. The van der Waals surface area contributed by atoms with E-state index in [2.05, 4.69) is 27.5 Å². The van der Waals surface area contributed by atoms with Crippen LogP contribution in [-0.4, -0.2) is 32.5 Å². The monoisotopic (exact) mass is 288 g/mol. The molecule has 1 aromatic carbocycles. The van der Waals surface area contributed by atoms with Crippen LogP contribution in [0, 0.1) is 0 Å². The van der Waals surface area contributed by atoms with Crippen LogP contribution >= 0.6 is 0 Å². The van der Waals surface area contributed by atoms with Crippen molar-refractivity contribution in [3.05, 3.63) is 35.7 Å². The molecule has 6 heteroatoms. The van der Waals surface area contributed by atoms with Crippen LogP contribution in [0.3, 0.4) is 0 Å². The van der Waals surface area contributed by atoms with E-state index in [1.807, 2.05) is 30.7 Å². The molecule has 2 N–H and O–H groups in total. The molecule has 0 spiro atoms. The summed E-state index contributed by atoms with van der Waals surface area (Å²) in [5.41, 5.74) is 1.17. The maximum absolute atomic E-state index is 9.18. The van der Waals surface area contributed by atoms with Crippen LogP contribution in [0.2, 0.25) is 0 Å². The van der Waals surface area contributed by atoms with E-state index in [9.17, 15) is 5.11 Å². The average Bonchev–Trinajstić information content (AvgIpc) is 2.90. The zero-order valence-electron chi connectivity index (χ0n) is 12.3. The van der Waals surface area contributed by atoms with E-state index >= 15 is 0 Å². The molecule has 0 aliphatic carbocycles. The van der Waals surface area contributed by atoms with Crippen molar-refractivity contribution in [2.24, 2.45) is 0 Å². The number of ether oxygens (including phenoxy) is 1. The Morgan fingerprint density at radius 1 is 1.38 bits per heavy atom. The van der Waals surface area contributed by atoms with Gasteiger partial charge in [0.2, 0.25) is 5.95 Å². The molecule has 6 nitrogen and oxygen atoms in total. The molecule has 0 radical (unpaired) electrons. The number of hydrogen-bond acceptors (Lipinski definition) is 5. The number of nitrogens with one attached hydrogen (secondary N) is 1. The van der Waals surface area contributed by atoms with Gasteiger partial charge in [0.15, 0.2) is 5.82 Å². The molecular formula is C15H20N4O2. The zero-order chi connectivity index (χ0) is 14.8. The Labute approximate surface area is 123 Å². The van der Waals surface area contributed by atoms with Crippen molar-refractivity contribution in [2.45, 2.75) is 39.0 Å². The Hall–Kier alpha value is -2.08. The molecule has 1 aliphatic heterocycles. The first kappa shape index (κ1) is 13.9. The van der Waals surface area contributed by atoms with E-state index in [-0.39, 0.29) is 18.8 Å². The van der Waals surface area contributed by atoms with Crippen LogP contribution in [0.4, 0.5) is 5.95 Å². The van der Waals surface area contributed by atoms with Crippen LogP contribution in [-0.2, 0) is 6.61 Å². The van der Waals surface area contributed by atoms with Crippen molar-refractivity contribution < 1.29 is 9.84 Å². The Balaban J connectivity index is 1.86. The van der Waals surface area contributed by atoms with Gasteiger partial charge in [-0.2, -0.15) is 10.1 Å². The summed E-state index contributed by atoms with van der Waals surface area (Å²) in [5, 5.41) is 16.7. The first-order valence-electron chi connectivity index (χ1n) is 7.24. The van der Waals surface area contributed by atoms with Gasteiger partial charge < -0.3 is 15.2 Å². The van der Waals surface area contributed by atoms with Crippen molar-refractivity contribution >= 4 is 5.95 Å². The van der Waals surface area contributed by atoms with Crippen LogP contribution in [0.5, 0.6) is 5.75 Å². The summed E-state index contributed by atoms with van der Waals surface area (Å²) in [6.07, 6.45) is 1.11. The predicted molar refractivity (Wildman–Crippen MR) is 79.4 cm³/mol. The summed E-state index contributed by atoms with van der Waals surface area (Å²) >= 11 is 0. The third kappa shape index (κ3) is 2.85. The van der Waals surface area contributed by atoms with Gasteiger partial charge in [-0.1, -0.05) is 12.1 Å². The van der Waals surface area contributed by atoms with E-state index in [0.717, 1.165) is 24.7 Å². The Morgan fingerprint density at radius 2 is 2.14 bits per heavy atom. The number of fused-ring (bicyclic) bond motifs is 1. The molecule has 0 fully saturated rings. The lowest BCUT2D eigenvalue weighted by Crippen LogP contribution is -2.24. The second-order valence-electron chi connectivity index (χ2n) is 5.42. The van der Waals surface area contributed by atoms with E-state index in [1.165, 1.54) is 5.56 Å². The van der Waals surface area contributed by atoms with E-state index in [4.69, 9.17) is 4.74 Å². The van der Waals surface area contributed by atoms with Crippen molar-refractivity contribution in [1.82, 2.24) is 14.8 Å². The van der Waals surface area contributed by atoms with Crippen LogP contribution in [0.25, 0.3) is 0 Å². The van der Waals surface area contributed by atoms with E-state index < -0.39 is 0 Å². The highest BCUT2D eigenvalue weighted by Crippen LogP contribution is 2.29. The first-order chi connectivity index (χ1) is 10.2. The molecule has 1 atom stereocenters. The molecule has 2 aromatic rings. The summed E-state index contributed by atoms with van der Waals surface area (Å²) in [6, 6.07) is 8.25. The Kier molecular flexibility index (Phi) is 3.79. The van der Waals surface area contributed by atoms with Gasteiger partial charge >= 0.3 is 0 Å². The number of benzene rings is 1. The number of anilines is 1. The summed E-state index contributed by atoms with van der Waals surface area (Å²) in [6.45, 7) is 4.73. The highest BCUT2D eigenvalue weighted by Gasteiger charge is 2.24. The third-order valence-electron chi connectivity index (χ3n) is 3.45. The molecular weight excluding hydrogens is 268 g/mol. The van der Waals surface area contributed by atoms with Crippen LogP contribution < -0.4 is 10.1 Å². The van der Waals surface area contributed by atoms with Crippen LogP contribution in [0.15, 0.2) is 24.3 Å². The molecule has 2 heterocycles. The molecule has 1 unspecified atom stereocenters. The van der Waals surface area contributed by atoms with E-state index in [1.54, 1.807) is 0 Å². The van der Waals surface area contributed by atoms with Crippen molar-refractivity contribution in [1.29, 1.82) is 0 Å². The fraction of sp³-hybridized carbons (Fsp3) is 0.467. The van der Waals surface area contributed by atoms with Gasteiger partial charge in [0.25, 0.3) is 0 Å². The van der Waals surface area contributed by atoms with Crippen LogP contribution in [0.1, 0.15) is 37.7 Å². The number of rotatable bonds is 4. The van der Waals surface area contributed by atoms with Gasteiger partial charge in [-0.3, -0.25) is 0 Å². The van der Waals surface area contributed by atoms with Crippen molar-refractivity contribution in [2.75, 3.05) is 11.9 Å². The average molecular weight is 288 g/mol. The highest BCUT2D eigenvalue weighted by molar-refractivity contribution is 5.35. The van der Waals surface area contributed by atoms with Gasteiger partial charge in [-0.05, 0) is 38.0 Å². The topological polar surface area (TPSA) is 72.2 Å². The van der Waals surface area contributed by atoms with E-state index in [0.29, 0.717) is 5.82 Å². The lowest BCUT2D eigenvalue weighted by atomic mass is 10.0. The molecule has 0 saturated carbocycles. The molecule has 3 rings (SSSR count). The summed E-state index contributed by atoms with van der Waals surface area (Å²) in [5.74, 6) is 2.04. The van der Waals surface area contributed by atoms with Gasteiger partial charge in [-0.15, -0.1) is 0 Å². The SMILES string of the molecule is CC(C)Oc1ccc(C2CCNc3nc(CO)nn32)cc1. The number of nitrogens with zero attached hydrogens (tertiary/aromatic N) is 3. The smallest absolute Gasteiger partial charge is 0.222 e. The van der Waals surface area contributed by atoms with Gasteiger partial charge in [0.05, 0.1) is 12.1 Å². The fourth-order valence-electron chi connectivity index (χ4n) is 2.56. The molecule has 0 amide bonds. The minimum Gasteiger partial charge on any atom is -0.491 e. The van der Waals surface area contributed by atoms with Crippen molar-refractivity contribution in [3.8, 4) is 5.75 Å². The lowest BCUT2D eigenvalue weighted by molar-refractivity contribution is 0.242. The number of aromatic nitrogens is 3. The summed E-state index contributed by atoms with van der Waals surface area (Å²) in [7, 11) is 0. The second kappa shape index (κ2) is 5.73. The minimum atomic E-state index is -0.143. The largest absolute Gasteiger partial charge is 0.491 e. The maximum atomic E-state index is 9.18. The normalized spacial score (nSPS) is 17.4. The lowest BCUT2D eigenvalue weighted by Gasteiger charge is -2.25. The summed E-state index contributed by atoms with van der Waals surface area (Å²) in [4.78, 5) is 4.27. The van der Waals surface area contributed by atoms with Gasteiger partial charge in [0.1, 0.15) is 12.4 Å². The standard InChI is InChI=1S/C15H20N4O2/c1-10(2)21-12-5-3-11(4-6-12)13-7-8-16-15-17-14(9-20)18-19(13)15/h3-6,10,13,20H,7-9H2,1-2H3,(H,16,17,18). The molecule has 0 saturated heterocycles. The van der Waals surface area contributed by atoms with Gasteiger partial charge in [-0.25, -0.2) is 4.68 Å². The van der Waals surface area contributed by atoms with Gasteiger partial charge in [0, 0.05) is 6.54 Å². The molecule has 112 valence electrons. The van der Waals surface area contributed by atoms with Crippen molar-refractivity contribution in [3.63, 3.8) is 0 Å². The molecule has 1 aromatic heterocycles. The molecule has 1 aliphatic rings. The number of hydrogen-bond donors (Lipinski definition) is 2. The third-order valence-corrected chi connectivity index (χ3v) is 3.45. The number of aliphatic hydroxyl groups excluding tert-OH is 1. The Bertz CT molecular complexity index is 607. The maximum Gasteiger partial charge on any atom is 0.222 e. The first-order valence-corrected chi connectivity index (χ1v) is 7.24. The second-order valence-corrected chi connectivity index (χ2v) is 5.42. The summed E-state index contributed by atoms with van der Waals surface area (Å²) < 4.78 is 7.52. The quantitative estimate of drug-likeness (QED) is 0.900. The molecule has 21 heavy (non-hydrogen) atoms. The predicted octanol–water partition coefficient (Wildman–Crippen LogP) is 1.96. The fourth-order valence-corrected chi connectivity index (χ4v) is 2.56. The molecule has 0 bridgehead atoms. The zero-order valence-corrected chi connectivity index (χ0v) is 12.3.